The van der Waals surface area contributed by atoms with E-state index >= 15 is 0 Å². The van der Waals surface area contributed by atoms with Gasteiger partial charge in [0.1, 0.15) is 5.75 Å². The number of ether oxygens (including phenoxy) is 1. The molecule has 1 aromatic carbocycles. The van der Waals surface area contributed by atoms with Crippen LogP contribution in [0.1, 0.15) is 11.1 Å². The summed E-state index contributed by atoms with van der Waals surface area (Å²) in [5, 5.41) is 8.42. The Balaban J connectivity index is 2.84. The third kappa shape index (κ3) is 2.93. The Hall–Kier alpha value is -1.20. The number of nitrogens with one attached hydrogen (secondary N) is 1. The van der Waals surface area contributed by atoms with Crippen LogP contribution in [0.4, 0.5) is 8.78 Å². The van der Waals surface area contributed by atoms with Crippen molar-refractivity contribution < 1.29 is 18.7 Å². The molecular weight excluding hydrogens is 192 g/mol. The molecule has 0 aliphatic carbocycles. The first-order valence-corrected chi connectivity index (χ1v) is 4.05. The van der Waals surface area contributed by atoms with Crippen molar-refractivity contribution in [2.75, 3.05) is 0 Å². The Morgan fingerprint density at radius 1 is 1.50 bits per heavy atom. The molecule has 1 rings (SSSR count). The normalized spacial score (nSPS) is 10.6. The molecule has 3 nitrogen and oxygen atoms in total. The van der Waals surface area contributed by atoms with E-state index in [0.29, 0.717) is 11.1 Å². The molecule has 0 heterocycles. The lowest BCUT2D eigenvalue weighted by Gasteiger charge is -2.09. The lowest BCUT2D eigenvalue weighted by atomic mass is 10.1. The zero-order valence-corrected chi connectivity index (χ0v) is 7.63. The topological polar surface area (TPSA) is 41.5 Å². The monoisotopic (exact) mass is 203 g/mol. The van der Waals surface area contributed by atoms with Gasteiger partial charge in [-0.15, -0.1) is 0 Å². The average Bonchev–Trinajstić information content (AvgIpc) is 2.10. The summed E-state index contributed by atoms with van der Waals surface area (Å²) in [4.78, 5) is 0. The van der Waals surface area contributed by atoms with E-state index < -0.39 is 6.61 Å². The first kappa shape index (κ1) is 10.9. The number of rotatable bonds is 4. The van der Waals surface area contributed by atoms with E-state index in [0.717, 1.165) is 0 Å². The van der Waals surface area contributed by atoms with Crippen molar-refractivity contribution in [1.82, 2.24) is 5.48 Å². The quantitative estimate of drug-likeness (QED) is 0.736. The molecule has 0 amide bonds. The maximum absolute atomic E-state index is 11.9. The van der Waals surface area contributed by atoms with Crippen molar-refractivity contribution in [3.05, 3.63) is 29.3 Å². The van der Waals surface area contributed by atoms with Gasteiger partial charge >= 0.3 is 6.61 Å². The van der Waals surface area contributed by atoms with Crippen molar-refractivity contribution in [3.63, 3.8) is 0 Å². The summed E-state index contributed by atoms with van der Waals surface area (Å²) in [6.45, 7) is -0.959. The fourth-order valence-electron chi connectivity index (χ4n) is 1.07. The highest BCUT2D eigenvalue weighted by atomic mass is 19.3. The highest BCUT2D eigenvalue weighted by Gasteiger charge is 2.07. The Morgan fingerprint density at radius 2 is 2.21 bits per heavy atom. The molecule has 0 aromatic heterocycles. The van der Waals surface area contributed by atoms with Crippen LogP contribution in [0.5, 0.6) is 5.75 Å². The van der Waals surface area contributed by atoms with E-state index in [1.165, 1.54) is 6.07 Å². The van der Waals surface area contributed by atoms with Crippen LogP contribution >= 0.6 is 0 Å². The SMILES string of the molecule is Cc1ccc(CNO)cc1OC(F)F. The molecule has 0 aliphatic heterocycles. The number of hydroxylamine groups is 1. The van der Waals surface area contributed by atoms with Crippen LogP contribution in [0, 0.1) is 6.92 Å². The second-order valence-corrected chi connectivity index (χ2v) is 2.81. The van der Waals surface area contributed by atoms with Crippen LogP contribution in [0.15, 0.2) is 18.2 Å². The Bertz CT molecular complexity index is 305. The van der Waals surface area contributed by atoms with Gasteiger partial charge in [0.15, 0.2) is 0 Å². The predicted octanol–water partition coefficient (Wildman–Crippen LogP) is 2.08. The molecule has 0 spiro atoms. The molecule has 1 aromatic rings. The highest BCUT2D eigenvalue weighted by molar-refractivity contribution is 5.36. The summed E-state index contributed by atoms with van der Waals surface area (Å²) in [7, 11) is 0. The van der Waals surface area contributed by atoms with Gasteiger partial charge in [0.05, 0.1) is 0 Å². The number of hydrogen-bond donors (Lipinski definition) is 2. The summed E-state index contributed by atoms with van der Waals surface area (Å²) < 4.78 is 28.2. The maximum Gasteiger partial charge on any atom is 0.387 e. The number of halogens is 2. The smallest absolute Gasteiger partial charge is 0.387 e. The highest BCUT2D eigenvalue weighted by Crippen LogP contribution is 2.21. The van der Waals surface area contributed by atoms with Crippen LogP contribution in [-0.4, -0.2) is 11.8 Å². The molecule has 0 fully saturated rings. The van der Waals surface area contributed by atoms with Gasteiger partial charge in [-0.25, -0.2) is 5.48 Å². The minimum absolute atomic E-state index is 0.132. The fraction of sp³-hybridized carbons (Fsp3) is 0.333. The van der Waals surface area contributed by atoms with E-state index in [4.69, 9.17) is 5.21 Å². The number of benzene rings is 1. The predicted molar refractivity (Wildman–Crippen MR) is 46.4 cm³/mol. The van der Waals surface area contributed by atoms with E-state index in [1.54, 1.807) is 19.1 Å². The number of aryl methyl sites for hydroxylation is 1. The van der Waals surface area contributed by atoms with E-state index in [9.17, 15) is 8.78 Å². The Labute approximate surface area is 80.3 Å². The van der Waals surface area contributed by atoms with Crippen LogP contribution < -0.4 is 10.2 Å². The minimum Gasteiger partial charge on any atom is -0.435 e. The average molecular weight is 203 g/mol. The molecule has 2 N–H and O–H groups in total. The van der Waals surface area contributed by atoms with Crippen molar-refractivity contribution in [2.24, 2.45) is 0 Å². The van der Waals surface area contributed by atoms with Crippen molar-refractivity contribution in [2.45, 2.75) is 20.1 Å². The lowest BCUT2D eigenvalue weighted by molar-refractivity contribution is -0.0503. The van der Waals surface area contributed by atoms with Gasteiger partial charge in [-0.3, -0.25) is 0 Å². The zero-order chi connectivity index (χ0) is 10.6. The molecule has 0 radical (unpaired) electrons. The second kappa shape index (κ2) is 4.88. The third-order valence-corrected chi connectivity index (χ3v) is 1.75. The molecule has 5 heteroatoms. The van der Waals surface area contributed by atoms with Gasteiger partial charge < -0.3 is 9.94 Å². The third-order valence-electron chi connectivity index (χ3n) is 1.75. The standard InChI is InChI=1S/C9H11F2NO2/c1-6-2-3-7(5-12-13)4-8(6)14-9(10)11/h2-4,9,12-13H,5H2,1H3. The molecule has 0 bridgehead atoms. The Kier molecular flexibility index (Phi) is 3.79. The van der Waals surface area contributed by atoms with Crippen LogP contribution in [0.3, 0.4) is 0 Å². The van der Waals surface area contributed by atoms with Crippen molar-refractivity contribution >= 4 is 0 Å². The summed E-state index contributed by atoms with van der Waals surface area (Å²) in [5.41, 5.74) is 3.25. The van der Waals surface area contributed by atoms with Gasteiger partial charge in [-0.1, -0.05) is 12.1 Å². The Morgan fingerprint density at radius 3 is 2.79 bits per heavy atom. The van der Waals surface area contributed by atoms with Crippen molar-refractivity contribution in [1.29, 1.82) is 0 Å². The van der Waals surface area contributed by atoms with Crippen LogP contribution in [0.25, 0.3) is 0 Å². The first-order valence-electron chi connectivity index (χ1n) is 4.05. The molecule has 0 atom stereocenters. The second-order valence-electron chi connectivity index (χ2n) is 2.81. The van der Waals surface area contributed by atoms with E-state index in [2.05, 4.69) is 4.74 Å². The van der Waals surface area contributed by atoms with Gasteiger partial charge in [-0.05, 0) is 24.1 Å². The van der Waals surface area contributed by atoms with Gasteiger partial charge in [0.2, 0.25) is 0 Å². The maximum atomic E-state index is 11.9. The molecule has 0 saturated carbocycles. The van der Waals surface area contributed by atoms with E-state index in [-0.39, 0.29) is 12.3 Å². The molecular formula is C9H11F2NO2. The zero-order valence-electron chi connectivity index (χ0n) is 7.63. The molecule has 78 valence electrons. The van der Waals surface area contributed by atoms with Crippen LogP contribution in [-0.2, 0) is 6.54 Å². The van der Waals surface area contributed by atoms with Crippen molar-refractivity contribution in [3.8, 4) is 5.75 Å². The van der Waals surface area contributed by atoms with E-state index in [1.807, 2.05) is 5.48 Å². The summed E-state index contributed by atoms with van der Waals surface area (Å²) in [6, 6.07) is 4.84. The molecule has 0 unspecified atom stereocenters. The summed E-state index contributed by atoms with van der Waals surface area (Å²) in [5.74, 6) is 0.132. The summed E-state index contributed by atoms with van der Waals surface area (Å²) >= 11 is 0. The number of hydrogen-bond acceptors (Lipinski definition) is 3. The number of alkyl halides is 2. The fourth-order valence-corrected chi connectivity index (χ4v) is 1.07. The first-order chi connectivity index (χ1) is 6.63. The largest absolute Gasteiger partial charge is 0.435 e. The van der Waals surface area contributed by atoms with Gasteiger partial charge in [-0.2, -0.15) is 8.78 Å². The molecule has 0 saturated heterocycles. The van der Waals surface area contributed by atoms with Gasteiger partial charge in [0.25, 0.3) is 0 Å². The molecule has 14 heavy (non-hydrogen) atoms. The molecule has 0 aliphatic rings. The van der Waals surface area contributed by atoms with Gasteiger partial charge in [0, 0.05) is 6.54 Å². The van der Waals surface area contributed by atoms with Crippen LogP contribution in [0.2, 0.25) is 0 Å². The minimum atomic E-state index is -2.83. The lowest BCUT2D eigenvalue weighted by Crippen LogP contribution is -2.08. The summed E-state index contributed by atoms with van der Waals surface area (Å²) in [6.07, 6.45) is 0.